The molecular formula is C12H22N2S. The molecule has 0 aromatic rings. The van der Waals surface area contributed by atoms with Crippen LogP contribution < -0.4 is 5.32 Å². The molecule has 1 heterocycles. The molecule has 2 nitrogen and oxygen atoms in total. The molecule has 0 bridgehead atoms. The molecule has 0 radical (unpaired) electrons. The molecule has 3 unspecified atom stereocenters. The molecule has 3 heteroatoms. The lowest BCUT2D eigenvalue weighted by Gasteiger charge is -2.19. The van der Waals surface area contributed by atoms with Crippen molar-refractivity contribution < 1.29 is 0 Å². The SMILES string of the molecule is CC1CN=C(NCC2CCC(C)C2)SC1. The van der Waals surface area contributed by atoms with Crippen molar-refractivity contribution in [3.05, 3.63) is 0 Å². The van der Waals surface area contributed by atoms with Gasteiger partial charge in [0.1, 0.15) is 0 Å². The van der Waals surface area contributed by atoms with Gasteiger partial charge in [0, 0.05) is 18.8 Å². The summed E-state index contributed by atoms with van der Waals surface area (Å²) in [5.41, 5.74) is 0. The minimum absolute atomic E-state index is 0.757. The first-order valence-corrected chi connectivity index (χ1v) is 7.13. The Bertz CT molecular complexity index is 240. The molecule has 0 aromatic carbocycles. The van der Waals surface area contributed by atoms with E-state index in [2.05, 4.69) is 24.2 Å². The highest BCUT2D eigenvalue weighted by atomic mass is 32.2. The van der Waals surface area contributed by atoms with Crippen LogP contribution in [0.15, 0.2) is 4.99 Å². The molecule has 1 fully saturated rings. The van der Waals surface area contributed by atoms with Gasteiger partial charge in [0.15, 0.2) is 5.17 Å². The maximum atomic E-state index is 4.56. The van der Waals surface area contributed by atoms with Gasteiger partial charge in [-0.15, -0.1) is 0 Å². The van der Waals surface area contributed by atoms with Gasteiger partial charge in [-0.25, -0.2) is 0 Å². The van der Waals surface area contributed by atoms with E-state index in [1.165, 1.54) is 30.2 Å². The second kappa shape index (κ2) is 5.24. The molecule has 1 aliphatic carbocycles. The fourth-order valence-corrected chi connectivity index (χ4v) is 3.31. The van der Waals surface area contributed by atoms with E-state index < -0.39 is 0 Å². The van der Waals surface area contributed by atoms with Gasteiger partial charge in [-0.2, -0.15) is 0 Å². The van der Waals surface area contributed by atoms with Crippen molar-refractivity contribution in [2.24, 2.45) is 22.7 Å². The van der Waals surface area contributed by atoms with Gasteiger partial charge in [0.05, 0.1) is 0 Å². The van der Waals surface area contributed by atoms with Gasteiger partial charge in [-0.3, -0.25) is 4.99 Å². The first-order chi connectivity index (χ1) is 7.24. The third-order valence-corrected chi connectivity index (χ3v) is 4.68. The van der Waals surface area contributed by atoms with Gasteiger partial charge in [0.25, 0.3) is 0 Å². The number of rotatable bonds is 2. The van der Waals surface area contributed by atoms with Crippen LogP contribution >= 0.6 is 11.8 Å². The lowest BCUT2D eigenvalue weighted by Crippen LogP contribution is -2.30. The maximum absolute atomic E-state index is 4.56. The molecular weight excluding hydrogens is 204 g/mol. The standard InChI is InChI=1S/C12H22N2S/c1-9-3-4-11(5-9)7-14-12-13-6-10(2)8-15-12/h9-11H,3-8H2,1-2H3,(H,13,14). The van der Waals surface area contributed by atoms with Crippen LogP contribution in [-0.2, 0) is 0 Å². The molecule has 1 N–H and O–H groups in total. The number of hydrogen-bond acceptors (Lipinski definition) is 3. The minimum Gasteiger partial charge on any atom is -0.365 e. The second-order valence-electron chi connectivity index (χ2n) is 5.23. The molecule has 1 aliphatic heterocycles. The van der Waals surface area contributed by atoms with Crippen LogP contribution in [0, 0.1) is 17.8 Å². The van der Waals surface area contributed by atoms with Gasteiger partial charge in [0.2, 0.25) is 0 Å². The Morgan fingerprint density at radius 3 is 2.80 bits per heavy atom. The highest BCUT2D eigenvalue weighted by molar-refractivity contribution is 8.13. The van der Waals surface area contributed by atoms with Crippen molar-refractivity contribution in [1.29, 1.82) is 0 Å². The summed E-state index contributed by atoms with van der Waals surface area (Å²) in [6.45, 7) is 6.79. The Labute approximate surface area is 97.3 Å². The Morgan fingerprint density at radius 2 is 2.20 bits per heavy atom. The molecule has 0 amide bonds. The summed E-state index contributed by atoms with van der Waals surface area (Å²) < 4.78 is 0. The Balaban J connectivity index is 1.69. The zero-order valence-electron chi connectivity index (χ0n) is 9.83. The molecule has 0 aromatic heterocycles. The summed E-state index contributed by atoms with van der Waals surface area (Å²) in [5.74, 6) is 3.82. The quantitative estimate of drug-likeness (QED) is 0.783. The van der Waals surface area contributed by atoms with E-state index >= 15 is 0 Å². The molecule has 86 valence electrons. The number of aliphatic imine (C=N–C) groups is 1. The molecule has 1 saturated carbocycles. The van der Waals surface area contributed by atoms with Crippen molar-refractivity contribution in [2.45, 2.75) is 33.1 Å². The van der Waals surface area contributed by atoms with Crippen LogP contribution in [0.1, 0.15) is 33.1 Å². The zero-order chi connectivity index (χ0) is 10.7. The van der Waals surface area contributed by atoms with Crippen LogP contribution in [-0.4, -0.2) is 24.0 Å². The average Bonchev–Trinajstić information content (AvgIpc) is 2.64. The fraction of sp³-hybridized carbons (Fsp3) is 0.917. The van der Waals surface area contributed by atoms with E-state index in [1.54, 1.807) is 0 Å². The van der Waals surface area contributed by atoms with E-state index in [4.69, 9.17) is 0 Å². The normalized spacial score (nSPS) is 36.4. The molecule has 0 spiro atoms. The van der Waals surface area contributed by atoms with Crippen LogP contribution in [0.4, 0.5) is 0 Å². The van der Waals surface area contributed by atoms with Crippen molar-refractivity contribution in [1.82, 2.24) is 5.32 Å². The highest BCUT2D eigenvalue weighted by Gasteiger charge is 2.21. The summed E-state index contributed by atoms with van der Waals surface area (Å²) in [4.78, 5) is 4.56. The molecule has 3 atom stereocenters. The lowest BCUT2D eigenvalue weighted by molar-refractivity contribution is 0.507. The fourth-order valence-electron chi connectivity index (χ4n) is 2.41. The zero-order valence-corrected chi connectivity index (χ0v) is 10.6. The van der Waals surface area contributed by atoms with Crippen LogP contribution in [0.25, 0.3) is 0 Å². The number of thioether (sulfide) groups is 1. The first-order valence-electron chi connectivity index (χ1n) is 6.15. The van der Waals surface area contributed by atoms with Crippen LogP contribution in [0.2, 0.25) is 0 Å². The van der Waals surface area contributed by atoms with Crippen molar-refractivity contribution in [3.63, 3.8) is 0 Å². The highest BCUT2D eigenvalue weighted by Crippen LogP contribution is 2.29. The van der Waals surface area contributed by atoms with E-state index in [0.29, 0.717) is 0 Å². The van der Waals surface area contributed by atoms with Crippen molar-refractivity contribution in [2.75, 3.05) is 18.8 Å². The summed E-state index contributed by atoms with van der Waals surface area (Å²) in [6, 6.07) is 0. The smallest absolute Gasteiger partial charge is 0.156 e. The summed E-state index contributed by atoms with van der Waals surface area (Å²) >= 11 is 1.89. The van der Waals surface area contributed by atoms with Gasteiger partial charge in [-0.1, -0.05) is 32.0 Å². The third-order valence-electron chi connectivity index (χ3n) is 3.40. The molecule has 2 rings (SSSR count). The van der Waals surface area contributed by atoms with E-state index in [-0.39, 0.29) is 0 Å². The summed E-state index contributed by atoms with van der Waals surface area (Å²) in [5, 5.41) is 4.71. The van der Waals surface area contributed by atoms with Gasteiger partial charge in [-0.05, 0) is 30.6 Å². The Morgan fingerprint density at radius 1 is 1.33 bits per heavy atom. The number of hydrogen-bond donors (Lipinski definition) is 1. The molecule has 2 aliphatic rings. The summed E-state index contributed by atoms with van der Waals surface area (Å²) in [7, 11) is 0. The predicted molar refractivity (Wildman–Crippen MR) is 68.4 cm³/mol. The summed E-state index contributed by atoms with van der Waals surface area (Å²) in [6.07, 6.45) is 4.23. The van der Waals surface area contributed by atoms with Gasteiger partial charge >= 0.3 is 0 Å². The first kappa shape index (κ1) is 11.3. The van der Waals surface area contributed by atoms with Crippen molar-refractivity contribution in [3.8, 4) is 0 Å². The molecule has 0 saturated heterocycles. The van der Waals surface area contributed by atoms with Gasteiger partial charge < -0.3 is 5.32 Å². The minimum atomic E-state index is 0.757. The Hall–Kier alpha value is -0.180. The third kappa shape index (κ3) is 3.40. The van der Waals surface area contributed by atoms with Crippen LogP contribution in [0.3, 0.4) is 0 Å². The second-order valence-corrected chi connectivity index (χ2v) is 6.24. The van der Waals surface area contributed by atoms with Crippen LogP contribution in [0.5, 0.6) is 0 Å². The van der Waals surface area contributed by atoms with E-state index in [1.807, 2.05) is 11.8 Å². The van der Waals surface area contributed by atoms with Crippen molar-refractivity contribution >= 4 is 16.9 Å². The largest absolute Gasteiger partial charge is 0.365 e. The average molecular weight is 226 g/mol. The predicted octanol–water partition coefficient (Wildman–Crippen LogP) is 2.75. The molecule has 15 heavy (non-hydrogen) atoms. The maximum Gasteiger partial charge on any atom is 0.156 e. The van der Waals surface area contributed by atoms with E-state index in [9.17, 15) is 0 Å². The number of nitrogens with one attached hydrogen (secondary N) is 1. The lowest BCUT2D eigenvalue weighted by atomic mass is 10.1. The number of amidine groups is 1. The number of nitrogens with zero attached hydrogens (tertiary/aromatic N) is 1. The topological polar surface area (TPSA) is 24.4 Å². The Kier molecular flexibility index (Phi) is 3.95. The van der Waals surface area contributed by atoms with E-state index in [0.717, 1.165) is 30.8 Å². The monoisotopic (exact) mass is 226 g/mol.